The van der Waals surface area contributed by atoms with Crippen molar-refractivity contribution in [3.8, 4) is 0 Å². The van der Waals surface area contributed by atoms with Crippen LogP contribution in [0.2, 0.25) is 0 Å². The van der Waals surface area contributed by atoms with Gasteiger partial charge in [-0.15, -0.1) is 0 Å². The molecule has 11 heteroatoms. The van der Waals surface area contributed by atoms with Gasteiger partial charge in [-0.05, 0) is 34.6 Å². The molecular weight excluding hydrogens is 733 g/mol. The average Bonchev–Trinajstić information content (AvgIpc) is 3.24. The van der Waals surface area contributed by atoms with E-state index in [0.29, 0.717) is 13.2 Å². The molecule has 0 unspecified atom stereocenters. The van der Waals surface area contributed by atoms with E-state index in [-0.39, 0.29) is 26.4 Å². The summed E-state index contributed by atoms with van der Waals surface area (Å²) in [7, 11) is 0. The number of carbonyl (C=O) groups excluding carboxylic acids is 1. The van der Waals surface area contributed by atoms with Gasteiger partial charge in [0.2, 0.25) is 0 Å². The Balaban J connectivity index is 1.28. The lowest BCUT2D eigenvalue weighted by Crippen LogP contribution is -2.60. The predicted molar refractivity (Wildman–Crippen MR) is 228 cm³/mol. The molecule has 0 radical (unpaired) electrons. The van der Waals surface area contributed by atoms with Gasteiger partial charge in [-0.25, -0.2) is 0 Å². The fraction of sp³-hybridized carbons (Fsp3) is 0.596. The van der Waals surface area contributed by atoms with Crippen molar-refractivity contribution in [1.82, 2.24) is 5.32 Å². The van der Waals surface area contributed by atoms with Crippen molar-refractivity contribution < 1.29 is 33.6 Å². The molecular formula is C47H68N4O7. The van der Waals surface area contributed by atoms with Crippen LogP contribution in [0.5, 0.6) is 0 Å². The Bertz CT molecular complexity index is 1540. The Morgan fingerprint density at radius 1 is 0.707 bits per heavy atom. The van der Waals surface area contributed by atoms with Gasteiger partial charge in [-0.2, -0.15) is 0 Å². The van der Waals surface area contributed by atoms with Gasteiger partial charge >= 0.3 is 0 Å². The Hall–Kier alpha value is -3.80. The van der Waals surface area contributed by atoms with E-state index < -0.39 is 42.7 Å². The van der Waals surface area contributed by atoms with E-state index in [1.54, 1.807) is 0 Å². The van der Waals surface area contributed by atoms with Crippen LogP contribution in [0.15, 0.2) is 96.1 Å². The van der Waals surface area contributed by atoms with Gasteiger partial charge in [0.05, 0.1) is 33.0 Å². The maximum Gasteiger partial charge on any atom is 0.251 e. The normalized spacial score (nSPS) is 19.8. The summed E-state index contributed by atoms with van der Waals surface area (Å²) in [6, 6.07) is 28.2. The molecule has 11 nitrogen and oxygen atoms in total. The SMILES string of the molecule is CC(C)CCCCCCCCCCCCCCNC(=O)[C@H](O)CO[C@H]1O[C@H](COCc2ccccc2)[C@@H](OCc2ccccc2)[C@H](OCc2ccccc2)[C@H]1N=[N+]=[N-]. The van der Waals surface area contributed by atoms with Crippen molar-refractivity contribution in [2.75, 3.05) is 19.8 Å². The molecule has 1 aliphatic heterocycles. The number of aliphatic hydroxyl groups is 1. The Kier molecular flexibility index (Phi) is 23.1. The fourth-order valence-electron chi connectivity index (χ4n) is 7.18. The number of nitrogens with zero attached hydrogens (tertiary/aromatic N) is 3. The maximum atomic E-state index is 12.9. The minimum atomic E-state index is -1.45. The highest BCUT2D eigenvalue weighted by molar-refractivity contribution is 5.80. The molecule has 1 saturated heterocycles. The third kappa shape index (κ3) is 18.4. The van der Waals surface area contributed by atoms with Crippen LogP contribution in [0.25, 0.3) is 10.4 Å². The Morgan fingerprint density at radius 2 is 1.19 bits per heavy atom. The monoisotopic (exact) mass is 801 g/mol. The fourth-order valence-corrected chi connectivity index (χ4v) is 7.18. The summed E-state index contributed by atoms with van der Waals surface area (Å²) in [6.45, 7) is 5.62. The zero-order chi connectivity index (χ0) is 41.0. The molecule has 0 aromatic heterocycles. The van der Waals surface area contributed by atoms with E-state index in [0.717, 1.165) is 41.9 Å². The maximum absolute atomic E-state index is 12.9. The molecule has 4 rings (SSSR count). The van der Waals surface area contributed by atoms with Gasteiger partial charge in [0, 0.05) is 11.5 Å². The molecule has 1 amide bonds. The molecule has 6 atom stereocenters. The lowest BCUT2D eigenvalue weighted by molar-refractivity contribution is -0.289. The van der Waals surface area contributed by atoms with E-state index in [2.05, 4.69) is 29.2 Å². The summed E-state index contributed by atoms with van der Waals surface area (Å²) in [5.74, 6) is 0.294. The molecule has 1 aliphatic rings. The van der Waals surface area contributed by atoms with Gasteiger partial charge in [0.15, 0.2) is 12.4 Å². The van der Waals surface area contributed by atoms with Gasteiger partial charge in [0.1, 0.15) is 24.4 Å². The van der Waals surface area contributed by atoms with Crippen LogP contribution in [0.1, 0.15) is 114 Å². The van der Waals surface area contributed by atoms with Crippen LogP contribution in [-0.4, -0.2) is 67.5 Å². The molecule has 58 heavy (non-hydrogen) atoms. The van der Waals surface area contributed by atoms with Crippen molar-refractivity contribution in [1.29, 1.82) is 0 Å². The van der Waals surface area contributed by atoms with E-state index in [4.69, 9.17) is 23.7 Å². The highest BCUT2D eigenvalue weighted by Gasteiger charge is 2.48. The lowest BCUT2D eigenvalue weighted by Gasteiger charge is -2.44. The summed E-state index contributed by atoms with van der Waals surface area (Å²) in [4.78, 5) is 16.0. The highest BCUT2D eigenvalue weighted by atomic mass is 16.7. The number of ether oxygens (including phenoxy) is 5. The first-order valence-corrected chi connectivity index (χ1v) is 21.6. The summed E-state index contributed by atoms with van der Waals surface area (Å²) < 4.78 is 31.7. The summed E-state index contributed by atoms with van der Waals surface area (Å²) in [5.41, 5.74) is 12.6. The number of hydrogen-bond donors (Lipinski definition) is 2. The number of carbonyl (C=O) groups is 1. The zero-order valence-electron chi connectivity index (χ0n) is 34.9. The topological polar surface area (TPSA) is 144 Å². The summed E-state index contributed by atoms with van der Waals surface area (Å²) in [5, 5.41) is 17.7. The van der Waals surface area contributed by atoms with Crippen LogP contribution in [0, 0.1) is 5.92 Å². The van der Waals surface area contributed by atoms with Crippen molar-refractivity contribution in [3.05, 3.63) is 118 Å². The first-order valence-electron chi connectivity index (χ1n) is 21.6. The number of rotatable bonds is 30. The molecule has 0 aliphatic carbocycles. The summed E-state index contributed by atoms with van der Waals surface area (Å²) >= 11 is 0. The van der Waals surface area contributed by atoms with Gasteiger partial charge < -0.3 is 34.1 Å². The van der Waals surface area contributed by atoms with E-state index in [9.17, 15) is 15.4 Å². The standard InChI is InChI=1S/C47H68N4O7/c1-37(2)24-16-11-9-7-5-3-4-6-8-10-12-23-31-49-46(53)41(52)35-57-47-43(50-51-48)45(56-34-40-29-21-15-22-30-40)44(55-33-39-27-19-14-20-28-39)42(58-47)36-54-32-38-25-17-13-18-26-38/h13-15,17-22,25-30,37,41-45,47,52H,3-12,16,23-24,31-36H2,1-2H3,(H,49,53)/t41-,42-,43-,44-,45-,47+/m1/s1. The lowest BCUT2D eigenvalue weighted by atomic mass is 9.96. The van der Waals surface area contributed by atoms with Crippen molar-refractivity contribution in [2.45, 2.75) is 154 Å². The van der Waals surface area contributed by atoms with Crippen LogP contribution in [0.4, 0.5) is 0 Å². The van der Waals surface area contributed by atoms with Gasteiger partial charge in [0.25, 0.3) is 5.91 Å². The summed E-state index contributed by atoms with van der Waals surface area (Å²) in [6.07, 6.45) is 11.4. The highest BCUT2D eigenvalue weighted by Crippen LogP contribution is 2.31. The first kappa shape index (κ1) is 46.9. The molecule has 318 valence electrons. The van der Waals surface area contributed by atoms with Crippen molar-refractivity contribution in [2.24, 2.45) is 11.0 Å². The van der Waals surface area contributed by atoms with E-state index in [1.807, 2.05) is 91.0 Å². The number of unbranched alkanes of at least 4 members (excludes halogenated alkanes) is 11. The number of amides is 1. The first-order chi connectivity index (χ1) is 28.4. The molecule has 2 N–H and O–H groups in total. The quantitative estimate of drug-likeness (QED) is 0.0296. The third-order valence-corrected chi connectivity index (χ3v) is 10.5. The van der Waals surface area contributed by atoms with Gasteiger partial charge in [-0.3, -0.25) is 4.79 Å². The molecule has 3 aromatic rings. The van der Waals surface area contributed by atoms with Crippen LogP contribution in [0.3, 0.4) is 0 Å². The minimum Gasteiger partial charge on any atom is -0.381 e. The average molecular weight is 801 g/mol. The van der Waals surface area contributed by atoms with E-state index >= 15 is 0 Å². The van der Waals surface area contributed by atoms with E-state index in [1.165, 1.54) is 64.2 Å². The Labute approximate surface area is 346 Å². The minimum absolute atomic E-state index is 0.115. The van der Waals surface area contributed by atoms with Crippen LogP contribution >= 0.6 is 0 Å². The number of benzene rings is 3. The Morgan fingerprint density at radius 3 is 1.71 bits per heavy atom. The number of nitrogens with one attached hydrogen (secondary N) is 1. The molecule has 1 fully saturated rings. The van der Waals surface area contributed by atoms with Gasteiger partial charge in [-0.1, -0.05) is 187 Å². The largest absolute Gasteiger partial charge is 0.381 e. The van der Waals surface area contributed by atoms with Crippen molar-refractivity contribution in [3.63, 3.8) is 0 Å². The van der Waals surface area contributed by atoms with Crippen molar-refractivity contribution >= 4 is 5.91 Å². The number of aliphatic hydroxyl groups excluding tert-OH is 1. The van der Waals surface area contributed by atoms with Crippen LogP contribution < -0.4 is 5.32 Å². The second-order valence-corrected chi connectivity index (χ2v) is 15.8. The van der Waals surface area contributed by atoms with Crippen LogP contribution in [-0.2, 0) is 48.3 Å². The molecule has 0 saturated carbocycles. The zero-order valence-corrected chi connectivity index (χ0v) is 34.9. The second-order valence-electron chi connectivity index (χ2n) is 15.8. The molecule has 0 spiro atoms. The molecule has 0 bridgehead atoms. The molecule has 1 heterocycles. The second kappa shape index (κ2) is 28.6. The number of azide groups is 1. The smallest absolute Gasteiger partial charge is 0.251 e. The molecule has 3 aromatic carbocycles. The third-order valence-electron chi connectivity index (χ3n) is 10.5. The predicted octanol–water partition coefficient (Wildman–Crippen LogP) is 10.00. The number of hydrogen-bond acceptors (Lipinski definition) is 8.